The van der Waals surface area contributed by atoms with Crippen molar-refractivity contribution in [3.8, 4) is 17.2 Å². The molecule has 0 radical (unpaired) electrons. The highest BCUT2D eigenvalue weighted by molar-refractivity contribution is 5.96. The first-order valence-electron chi connectivity index (χ1n) is 8.42. The van der Waals surface area contributed by atoms with Crippen molar-refractivity contribution in [3.63, 3.8) is 0 Å². The van der Waals surface area contributed by atoms with Crippen LogP contribution in [0.3, 0.4) is 0 Å². The standard InChI is InChI=1S/C20H19N3O3/c1-13-19(14(2)23(22-13)16-6-4-3-5-7-16)20(24)21-11-15-8-9-17-18(10-15)26-12-25-17/h3-10H,11-12H2,1-2H3,(H,21,24). The van der Waals surface area contributed by atoms with Gasteiger partial charge >= 0.3 is 0 Å². The van der Waals surface area contributed by atoms with E-state index in [1.54, 1.807) is 4.68 Å². The summed E-state index contributed by atoms with van der Waals surface area (Å²) in [6.07, 6.45) is 0. The molecule has 4 rings (SSSR count). The largest absolute Gasteiger partial charge is 0.454 e. The van der Waals surface area contributed by atoms with Crippen LogP contribution < -0.4 is 14.8 Å². The summed E-state index contributed by atoms with van der Waals surface area (Å²) in [6, 6.07) is 15.4. The van der Waals surface area contributed by atoms with Gasteiger partial charge in [0.05, 0.1) is 22.6 Å². The molecule has 1 N–H and O–H groups in total. The summed E-state index contributed by atoms with van der Waals surface area (Å²) in [5.74, 6) is 1.30. The average Bonchev–Trinajstić information content (AvgIpc) is 3.24. The molecule has 0 bridgehead atoms. The van der Waals surface area contributed by atoms with Crippen molar-refractivity contribution >= 4 is 5.91 Å². The fourth-order valence-electron chi connectivity index (χ4n) is 3.11. The smallest absolute Gasteiger partial charge is 0.255 e. The van der Waals surface area contributed by atoms with Crippen molar-refractivity contribution in [2.24, 2.45) is 0 Å². The lowest BCUT2D eigenvalue weighted by Crippen LogP contribution is -2.24. The van der Waals surface area contributed by atoms with Gasteiger partial charge in [-0.05, 0) is 43.7 Å². The Kier molecular flexibility index (Phi) is 4.08. The lowest BCUT2D eigenvalue weighted by atomic mass is 10.1. The third-order valence-corrected chi connectivity index (χ3v) is 4.41. The van der Waals surface area contributed by atoms with Gasteiger partial charge in [-0.1, -0.05) is 24.3 Å². The van der Waals surface area contributed by atoms with Crippen LogP contribution >= 0.6 is 0 Å². The maximum absolute atomic E-state index is 12.7. The summed E-state index contributed by atoms with van der Waals surface area (Å²) in [5.41, 5.74) is 4.01. The molecule has 0 atom stereocenters. The van der Waals surface area contributed by atoms with Gasteiger partial charge in [0.2, 0.25) is 6.79 Å². The molecule has 26 heavy (non-hydrogen) atoms. The maximum Gasteiger partial charge on any atom is 0.255 e. The Morgan fingerprint density at radius 1 is 1.12 bits per heavy atom. The molecule has 132 valence electrons. The van der Waals surface area contributed by atoms with Crippen molar-refractivity contribution < 1.29 is 14.3 Å². The molecule has 6 nitrogen and oxygen atoms in total. The highest BCUT2D eigenvalue weighted by atomic mass is 16.7. The van der Waals surface area contributed by atoms with Crippen LogP contribution in [0, 0.1) is 13.8 Å². The highest BCUT2D eigenvalue weighted by Crippen LogP contribution is 2.32. The Labute approximate surface area is 151 Å². The van der Waals surface area contributed by atoms with Crippen molar-refractivity contribution in [1.29, 1.82) is 0 Å². The van der Waals surface area contributed by atoms with Crippen LogP contribution in [0.2, 0.25) is 0 Å². The SMILES string of the molecule is Cc1nn(-c2ccccc2)c(C)c1C(=O)NCc1ccc2c(c1)OCO2. The normalized spacial score (nSPS) is 12.2. The minimum atomic E-state index is -0.139. The number of rotatable bonds is 4. The third kappa shape index (κ3) is 2.90. The molecule has 1 aromatic heterocycles. The molecule has 6 heteroatoms. The van der Waals surface area contributed by atoms with Gasteiger partial charge in [-0.2, -0.15) is 5.10 Å². The van der Waals surface area contributed by atoms with Crippen LogP contribution in [-0.4, -0.2) is 22.5 Å². The fraction of sp³-hybridized carbons (Fsp3) is 0.200. The van der Waals surface area contributed by atoms with Crippen LogP contribution in [0.1, 0.15) is 27.3 Å². The molecule has 0 saturated heterocycles. The van der Waals surface area contributed by atoms with Gasteiger partial charge in [-0.25, -0.2) is 4.68 Å². The molecule has 2 aromatic carbocycles. The third-order valence-electron chi connectivity index (χ3n) is 4.41. The van der Waals surface area contributed by atoms with Crippen LogP contribution in [0.5, 0.6) is 11.5 Å². The Morgan fingerprint density at radius 2 is 1.88 bits per heavy atom. The second-order valence-electron chi connectivity index (χ2n) is 6.16. The highest BCUT2D eigenvalue weighted by Gasteiger charge is 2.19. The van der Waals surface area contributed by atoms with E-state index in [1.165, 1.54) is 0 Å². The van der Waals surface area contributed by atoms with E-state index < -0.39 is 0 Å². The van der Waals surface area contributed by atoms with Gasteiger partial charge in [0.1, 0.15) is 0 Å². The molecule has 1 aliphatic heterocycles. The molecule has 0 saturated carbocycles. The lowest BCUT2D eigenvalue weighted by molar-refractivity contribution is 0.0949. The minimum Gasteiger partial charge on any atom is -0.454 e. The maximum atomic E-state index is 12.7. The van der Waals surface area contributed by atoms with E-state index in [0.717, 1.165) is 22.7 Å². The van der Waals surface area contributed by atoms with Gasteiger partial charge in [0, 0.05) is 6.54 Å². The molecule has 1 amide bonds. The summed E-state index contributed by atoms with van der Waals surface area (Å²) in [7, 11) is 0. The van der Waals surface area contributed by atoms with Crippen LogP contribution in [-0.2, 0) is 6.54 Å². The number of hydrogen-bond donors (Lipinski definition) is 1. The molecule has 0 unspecified atom stereocenters. The van der Waals surface area contributed by atoms with E-state index in [0.29, 0.717) is 23.6 Å². The summed E-state index contributed by atoms with van der Waals surface area (Å²) >= 11 is 0. The number of aryl methyl sites for hydroxylation is 1. The number of hydrogen-bond acceptors (Lipinski definition) is 4. The fourth-order valence-corrected chi connectivity index (χ4v) is 3.11. The first-order valence-corrected chi connectivity index (χ1v) is 8.42. The summed E-state index contributed by atoms with van der Waals surface area (Å²) < 4.78 is 12.5. The van der Waals surface area contributed by atoms with Crippen molar-refractivity contribution in [1.82, 2.24) is 15.1 Å². The summed E-state index contributed by atoms with van der Waals surface area (Å²) in [6.45, 7) is 4.40. The summed E-state index contributed by atoms with van der Waals surface area (Å²) in [5, 5.41) is 7.49. The number of benzene rings is 2. The van der Waals surface area contributed by atoms with Gasteiger partial charge in [-0.3, -0.25) is 4.79 Å². The van der Waals surface area contributed by atoms with Crippen LogP contribution in [0.4, 0.5) is 0 Å². The van der Waals surface area contributed by atoms with Gasteiger partial charge in [-0.15, -0.1) is 0 Å². The molecule has 0 spiro atoms. The number of amides is 1. The van der Waals surface area contributed by atoms with Gasteiger partial charge in [0.25, 0.3) is 5.91 Å². The lowest BCUT2D eigenvalue weighted by Gasteiger charge is -2.07. The Balaban J connectivity index is 1.53. The van der Waals surface area contributed by atoms with E-state index in [4.69, 9.17) is 9.47 Å². The Bertz CT molecular complexity index is 964. The topological polar surface area (TPSA) is 65.4 Å². The monoisotopic (exact) mass is 349 g/mol. The number of carbonyl (C=O) groups excluding carboxylic acids is 1. The number of para-hydroxylation sites is 1. The predicted molar refractivity (Wildman–Crippen MR) is 96.8 cm³/mol. The van der Waals surface area contributed by atoms with Crippen molar-refractivity contribution in [2.75, 3.05) is 6.79 Å². The van der Waals surface area contributed by atoms with Crippen molar-refractivity contribution in [3.05, 3.63) is 71.0 Å². The van der Waals surface area contributed by atoms with Crippen molar-refractivity contribution in [2.45, 2.75) is 20.4 Å². The zero-order valence-corrected chi connectivity index (χ0v) is 14.7. The Hall–Kier alpha value is -3.28. The number of ether oxygens (including phenoxy) is 2. The van der Waals surface area contributed by atoms with E-state index >= 15 is 0 Å². The van der Waals surface area contributed by atoms with E-state index in [-0.39, 0.29) is 12.7 Å². The molecule has 3 aromatic rings. The Morgan fingerprint density at radius 3 is 2.69 bits per heavy atom. The number of fused-ring (bicyclic) bond motifs is 1. The molecule has 2 heterocycles. The summed E-state index contributed by atoms with van der Waals surface area (Å²) in [4.78, 5) is 12.7. The molecular formula is C20H19N3O3. The van der Waals surface area contributed by atoms with Crippen LogP contribution in [0.15, 0.2) is 48.5 Å². The first kappa shape index (κ1) is 16.2. The zero-order valence-electron chi connectivity index (χ0n) is 14.7. The zero-order chi connectivity index (χ0) is 18.1. The second-order valence-corrected chi connectivity index (χ2v) is 6.16. The van der Waals surface area contributed by atoms with Crippen LogP contribution in [0.25, 0.3) is 5.69 Å². The quantitative estimate of drug-likeness (QED) is 0.786. The van der Waals surface area contributed by atoms with Gasteiger partial charge in [0.15, 0.2) is 11.5 Å². The van der Waals surface area contributed by atoms with E-state index in [1.807, 2.05) is 62.4 Å². The predicted octanol–water partition coefficient (Wildman–Crippen LogP) is 3.15. The molecular weight excluding hydrogens is 330 g/mol. The first-order chi connectivity index (χ1) is 12.6. The minimum absolute atomic E-state index is 0.139. The molecule has 1 aliphatic rings. The number of nitrogens with zero attached hydrogens (tertiary/aromatic N) is 2. The number of carbonyl (C=O) groups is 1. The van der Waals surface area contributed by atoms with Gasteiger partial charge < -0.3 is 14.8 Å². The number of aromatic nitrogens is 2. The number of nitrogens with one attached hydrogen (secondary N) is 1. The molecule has 0 aliphatic carbocycles. The second kappa shape index (κ2) is 6.55. The van der Waals surface area contributed by atoms with E-state index in [9.17, 15) is 4.79 Å². The molecule has 0 fully saturated rings. The van der Waals surface area contributed by atoms with E-state index in [2.05, 4.69) is 10.4 Å². The average molecular weight is 349 g/mol.